The first-order valence-electron chi connectivity index (χ1n) is 7.16. The topological polar surface area (TPSA) is 29.3 Å². The van der Waals surface area contributed by atoms with Crippen molar-refractivity contribution in [2.75, 3.05) is 6.54 Å². The zero-order valence-electron chi connectivity index (χ0n) is 11.6. The van der Waals surface area contributed by atoms with E-state index < -0.39 is 0 Å². The second kappa shape index (κ2) is 6.61. The molecule has 2 N–H and O–H groups in total. The van der Waals surface area contributed by atoms with E-state index in [0.29, 0.717) is 6.04 Å². The smallest absolute Gasteiger partial charge is 0.0252 e. The third kappa shape index (κ3) is 2.78. The van der Waals surface area contributed by atoms with Crippen LogP contribution >= 0.6 is 0 Å². The van der Waals surface area contributed by atoms with Crippen LogP contribution in [0.4, 0.5) is 0 Å². The zero-order valence-corrected chi connectivity index (χ0v) is 11.6. The minimum absolute atomic E-state index is 0.609. The second-order valence-electron chi connectivity index (χ2n) is 5.32. The van der Waals surface area contributed by atoms with Crippen molar-refractivity contribution in [1.82, 2.24) is 4.90 Å². The van der Waals surface area contributed by atoms with Crippen LogP contribution in [0.1, 0.15) is 59.8 Å². The Bertz CT molecular complexity index is 189. The first-order chi connectivity index (χ1) is 7.69. The highest BCUT2D eigenvalue weighted by Gasteiger charge is 2.36. The summed E-state index contributed by atoms with van der Waals surface area (Å²) in [6, 6.07) is 2.13. The Morgan fingerprint density at radius 2 is 1.81 bits per heavy atom. The predicted octanol–water partition coefficient (Wildman–Crippen LogP) is 3.01. The molecule has 0 saturated carbocycles. The van der Waals surface area contributed by atoms with Gasteiger partial charge in [0.2, 0.25) is 0 Å². The monoisotopic (exact) mass is 226 g/mol. The van der Waals surface area contributed by atoms with E-state index in [2.05, 4.69) is 32.6 Å². The molecule has 2 nitrogen and oxygen atoms in total. The summed E-state index contributed by atoms with van der Waals surface area (Å²) in [5.41, 5.74) is 6.04. The van der Waals surface area contributed by atoms with E-state index in [9.17, 15) is 0 Å². The van der Waals surface area contributed by atoms with Crippen molar-refractivity contribution >= 4 is 0 Å². The summed E-state index contributed by atoms with van der Waals surface area (Å²) in [5, 5.41) is 0. The van der Waals surface area contributed by atoms with Crippen LogP contribution in [0.25, 0.3) is 0 Å². The standard InChI is InChI=1S/C14H30N2/c1-5-12(6-2)14(10-15)16-11(4)8-9-13(16)7-3/h11-14H,5-10,15H2,1-4H3. The minimum atomic E-state index is 0.609. The van der Waals surface area contributed by atoms with Gasteiger partial charge in [0.05, 0.1) is 0 Å². The Morgan fingerprint density at radius 3 is 2.25 bits per heavy atom. The van der Waals surface area contributed by atoms with Gasteiger partial charge < -0.3 is 5.73 Å². The molecule has 0 aliphatic carbocycles. The fourth-order valence-corrected chi connectivity index (χ4v) is 3.49. The van der Waals surface area contributed by atoms with E-state index in [0.717, 1.165) is 24.5 Å². The van der Waals surface area contributed by atoms with Crippen molar-refractivity contribution in [2.24, 2.45) is 11.7 Å². The molecule has 0 aromatic heterocycles. The molecule has 0 aromatic carbocycles. The summed E-state index contributed by atoms with van der Waals surface area (Å²) in [6.45, 7) is 10.1. The molecule has 16 heavy (non-hydrogen) atoms. The number of hydrogen-bond donors (Lipinski definition) is 1. The molecule has 1 aliphatic heterocycles. The average molecular weight is 226 g/mol. The Hall–Kier alpha value is -0.0800. The molecule has 0 spiro atoms. The van der Waals surface area contributed by atoms with Crippen LogP contribution in [-0.2, 0) is 0 Å². The first-order valence-corrected chi connectivity index (χ1v) is 7.16. The van der Waals surface area contributed by atoms with Gasteiger partial charge in [-0.15, -0.1) is 0 Å². The van der Waals surface area contributed by atoms with Crippen molar-refractivity contribution in [1.29, 1.82) is 0 Å². The SMILES string of the molecule is CCC(CC)C(CN)N1C(C)CCC1CC. The van der Waals surface area contributed by atoms with Crippen molar-refractivity contribution < 1.29 is 0 Å². The Morgan fingerprint density at radius 1 is 1.19 bits per heavy atom. The van der Waals surface area contributed by atoms with Crippen molar-refractivity contribution in [3.63, 3.8) is 0 Å². The molecule has 1 aliphatic rings. The summed E-state index contributed by atoms with van der Waals surface area (Å²) in [4.78, 5) is 2.73. The maximum Gasteiger partial charge on any atom is 0.0252 e. The van der Waals surface area contributed by atoms with Gasteiger partial charge in [0.15, 0.2) is 0 Å². The molecule has 0 aromatic rings. The molecule has 1 rings (SSSR count). The summed E-state index contributed by atoms with van der Waals surface area (Å²) in [7, 11) is 0. The molecule has 1 heterocycles. The Balaban J connectivity index is 2.76. The van der Waals surface area contributed by atoms with E-state index >= 15 is 0 Å². The fraction of sp³-hybridized carbons (Fsp3) is 1.00. The molecule has 1 saturated heterocycles. The lowest BCUT2D eigenvalue weighted by Crippen LogP contribution is -2.50. The lowest BCUT2D eigenvalue weighted by atomic mass is 9.91. The van der Waals surface area contributed by atoms with E-state index in [1.54, 1.807) is 0 Å². The van der Waals surface area contributed by atoms with Gasteiger partial charge in [-0.25, -0.2) is 0 Å². The number of rotatable bonds is 6. The van der Waals surface area contributed by atoms with Gasteiger partial charge >= 0.3 is 0 Å². The number of nitrogens with two attached hydrogens (primary N) is 1. The molecule has 3 unspecified atom stereocenters. The highest BCUT2D eigenvalue weighted by Crippen LogP contribution is 2.32. The molecule has 0 amide bonds. The second-order valence-corrected chi connectivity index (χ2v) is 5.32. The van der Waals surface area contributed by atoms with Crippen LogP contribution in [-0.4, -0.2) is 29.6 Å². The van der Waals surface area contributed by atoms with Crippen LogP contribution in [0.3, 0.4) is 0 Å². The summed E-state index contributed by atoms with van der Waals surface area (Å²) in [5.74, 6) is 0.777. The van der Waals surface area contributed by atoms with Gasteiger partial charge in [0.1, 0.15) is 0 Å². The van der Waals surface area contributed by atoms with E-state index in [1.807, 2.05) is 0 Å². The van der Waals surface area contributed by atoms with Crippen LogP contribution in [0, 0.1) is 5.92 Å². The van der Waals surface area contributed by atoms with E-state index in [1.165, 1.54) is 32.1 Å². The van der Waals surface area contributed by atoms with Gasteiger partial charge in [0.25, 0.3) is 0 Å². The third-order valence-electron chi connectivity index (χ3n) is 4.54. The van der Waals surface area contributed by atoms with Gasteiger partial charge in [-0.2, -0.15) is 0 Å². The van der Waals surface area contributed by atoms with Crippen LogP contribution in [0.15, 0.2) is 0 Å². The third-order valence-corrected chi connectivity index (χ3v) is 4.54. The maximum absolute atomic E-state index is 6.04. The van der Waals surface area contributed by atoms with Crippen molar-refractivity contribution in [3.8, 4) is 0 Å². The van der Waals surface area contributed by atoms with E-state index in [4.69, 9.17) is 5.73 Å². The van der Waals surface area contributed by atoms with Crippen LogP contribution in [0.5, 0.6) is 0 Å². The lowest BCUT2D eigenvalue weighted by molar-refractivity contribution is 0.0902. The lowest BCUT2D eigenvalue weighted by Gasteiger charge is -2.39. The normalized spacial score (nSPS) is 28.9. The molecule has 96 valence electrons. The molecule has 0 bridgehead atoms. The minimum Gasteiger partial charge on any atom is -0.329 e. The van der Waals surface area contributed by atoms with Gasteiger partial charge in [-0.3, -0.25) is 4.90 Å². The number of likely N-dealkylation sites (tertiary alicyclic amines) is 1. The Kier molecular flexibility index (Phi) is 5.77. The summed E-state index contributed by atoms with van der Waals surface area (Å²) < 4.78 is 0. The zero-order chi connectivity index (χ0) is 12.1. The quantitative estimate of drug-likeness (QED) is 0.754. The summed E-state index contributed by atoms with van der Waals surface area (Å²) >= 11 is 0. The molecule has 3 atom stereocenters. The van der Waals surface area contributed by atoms with Gasteiger partial charge in [-0.1, -0.05) is 33.6 Å². The molecule has 1 fully saturated rings. The van der Waals surface area contributed by atoms with Gasteiger partial charge in [-0.05, 0) is 32.1 Å². The maximum atomic E-state index is 6.04. The molecular formula is C14H30N2. The van der Waals surface area contributed by atoms with Crippen LogP contribution < -0.4 is 5.73 Å². The molecule has 0 radical (unpaired) electrons. The predicted molar refractivity (Wildman–Crippen MR) is 71.5 cm³/mol. The highest BCUT2D eigenvalue weighted by atomic mass is 15.2. The van der Waals surface area contributed by atoms with Crippen LogP contribution in [0.2, 0.25) is 0 Å². The highest BCUT2D eigenvalue weighted by molar-refractivity contribution is 4.92. The average Bonchev–Trinajstić information content (AvgIpc) is 2.67. The fourth-order valence-electron chi connectivity index (χ4n) is 3.49. The largest absolute Gasteiger partial charge is 0.329 e. The number of nitrogens with zero attached hydrogens (tertiary/aromatic N) is 1. The van der Waals surface area contributed by atoms with Crippen molar-refractivity contribution in [3.05, 3.63) is 0 Å². The van der Waals surface area contributed by atoms with Crippen molar-refractivity contribution in [2.45, 2.75) is 77.9 Å². The van der Waals surface area contributed by atoms with Gasteiger partial charge in [0, 0.05) is 24.7 Å². The first kappa shape index (κ1) is 14.0. The Labute approximate surface area is 102 Å². The summed E-state index contributed by atoms with van der Waals surface area (Å²) in [6.07, 6.45) is 6.53. The molecular weight excluding hydrogens is 196 g/mol. The molecule has 2 heteroatoms. The van der Waals surface area contributed by atoms with E-state index in [-0.39, 0.29) is 0 Å². The number of hydrogen-bond acceptors (Lipinski definition) is 2.